The number of primary amides is 1. The number of fused-ring (bicyclic) bond motifs is 3. The fraction of sp³-hybridized carbons (Fsp3) is 0.852. The van der Waals surface area contributed by atoms with Gasteiger partial charge in [-0.2, -0.15) is 5.26 Å². The second kappa shape index (κ2) is 10.7. The lowest BCUT2D eigenvalue weighted by Gasteiger charge is -2.51. The second-order valence-corrected chi connectivity index (χ2v) is 12.2. The first-order valence-electron chi connectivity index (χ1n) is 13.7. The number of carbonyl (C=O) groups excluding carboxylic acids is 3. The Morgan fingerprint density at radius 1 is 1.25 bits per heavy atom. The fourth-order valence-corrected chi connectivity index (χ4v) is 7.71. The number of hydrogen-bond acceptors (Lipinski definition) is 7. The number of nitriles is 1. The van der Waals surface area contributed by atoms with Crippen LogP contribution in [0.4, 0.5) is 0 Å². The minimum atomic E-state index is -0.583. The Morgan fingerprint density at radius 3 is 2.67 bits per heavy atom. The Bertz CT molecular complexity index is 903. The normalized spacial score (nSPS) is 36.5. The van der Waals surface area contributed by atoms with Gasteiger partial charge in [0.25, 0.3) is 0 Å². The van der Waals surface area contributed by atoms with Crippen molar-refractivity contribution in [3.05, 3.63) is 0 Å². The Morgan fingerprint density at radius 2 is 2.00 bits per heavy atom. The number of likely N-dealkylation sites (N-methyl/N-ethyl adjacent to an activating group) is 1. The first-order chi connectivity index (χ1) is 17.1. The fourth-order valence-electron chi connectivity index (χ4n) is 7.71. The number of rotatable bonds is 10. The van der Waals surface area contributed by atoms with E-state index in [1.165, 1.54) is 0 Å². The maximum atomic E-state index is 13.7. The molecule has 0 spiro atoms. The molecule has 9 unspecified atom stereocenters. The average molecular weight is 502 g/mol. The molecule has 1 heterocycles. The third-order valence-corrected chi connectivity index (χ3v) is 9.67. The van der Waals surface area contributed by atoms with Gasteiger partial charge in [-0.3, -0.25) is 19.3 Å². The van der Waals surface area contributed by atoms with Crippen molar-refractivity contribution >= 4 is 17.8 Å². The number of piperidine rings is 1. The lowest BCUT2D eigenvalue weighted by Crippen LogP contribution is -2.58. The van der Waals surface area contributed by atoms with Crippen molar-refractivity contribution in [3.63, 3.8) is 0 Å². The molecule has 0 aromatic rings. The maximum absolute atomic E-state index is 13.7. The molecule has 9 atom stereocenters. The van der Waals surface area contributed by atoms with Gasteiger partial charge in [0, 0.05) is 12.5 Å². The molecule has 0 aromatic carbocycles. The van der Waals surface area contributed by atoms with Crippen molar-refractivity contribution in [1.29, 1.82) is 5.26 Å². The van der Waals surface area contributed by atoms with Crippen LogP contribution in [0.2, 0.25) is 0 Å². The van der Waals surface area contributed by atoms with Crippen molar-refractivity contribution in [2.24, 2.45) is 40.6 Å². The zero-order valence-corrected chi connectivity index (χ0v) is 22.0. The molecule has 2 amide bonds. The van der Waals surface area contributed by atoms with Gasteiger partial charge in [-0.05, 0) is 88.1 Å². The lowest BCUT2D eigenvalue weighted by molar-refractivity contribution is -0.150. The highest BCUT2D eigenvalue weighted by Gasteiger charge is 2.62. The van der Waals surface area contributed by atoms with Gasteiger partial charge < -0.3 is 21.1 Å². The van der Waals surface area contributed by atoms with E-state index < -0.39 is 18.0 Å². The molecule has 9 heteroatoms. The topological polar surface area (TPSA) is 143 Å². The highest BCUT2D eigenvalue weighted by molar-refractivity contribution is 5.84. The Hall–Kier alpha value is -2.18. The second-order valence-electron chi connectivity index (χ2n) is 12.2. The van der Waals surface area contributed by atoms with E-state index in [-0.39, 0.29) is 35.8 Å². The van der Waals surface area contributed by atoms with Gasteiger partial charge in [0.2, 0.25) is 11.8 Å². The van der Waals surface area contributed by atoms with Crippen LogP contribution in [0.1, 0.15) is 71.1 Å². The van der Waals surface area contributed by atoms with Gasteiger partial charge in [0.15, 0.2) is 0 Å². The van der Waals surface area contributed by atoms with Crippen LogP contribution in [0.15, 0.2) is 0 Å². The molecule has 0 radical (unpaired) electrons. The molecule has 1 aliphatic heterocycles. The van der Waals surface area contributed by atoms with E-state index in [4.69, 9.17) is 16.2 Å². The van der Waals surface area contributed by atoms with Gasteiger partial charge in [0.1, 0.15) is 12.1 Å². The van der Waals surface area contributed by atoms with Crippen molar-refractivity contribution in [2.45, 2.75) is 95.3 Å². The van der Waals surface area contributed by atoms with Crippen LogP contribution in [0.5, 0.6) is 0 Å². The SMILES string of the molecule is CC1C2CC(C#N)N(C(=O)C(N)C34CCCC(CC(CCOC(=O)C(CCC(N)=O)N(C)C)C3)C4)C12. The predicted molar refractivity (Wildman–Crippen MR) is 134 cm³/mol. The number of nitrogens with two attached hydrogens (primary N) is 2. The molecule has 1 saturated heterocycles. The Balaban J connectivity index is 1.36. The van der Waals surface area contributed by atoms with Gasteiger partial charge in [0.05, 0.1) is 18.7 Å². The minimum Gasteiger partial charge on any atom is -0.465 e. The molecule has 2 bridgehead atoms. The summed E-state index contributed by atoms with van der Waals surface area (Å²) in [5.74, 6) is 1.00. The Kier molecular flexibility index (Phi) is 7.96. The molecule has 4 rings (SSSR count). The van der Waals surface area contributed by atoms with Crippen LogP contribution < -0.4 is 11.5 Å². The third-order valence-electron chi connectivity index (χ3n) is 9.67. The van der Waals surface area contributed by atoms with E-state index in [0.29, 0.717) is 36.7 Å². The maximum Gasteiger partial charge on any atom is 0.323 e. The largest absolute Gasteiger partial charge is 0.465 e. The molecule has 4 aliphatic rings. The summed E-state index contributed by atoms with van der Waals surface area (Å²) in [6, 6.07) is 1.10. The van der Waals surface area contributed by atoms with Crippen molar-refractivity contribution in [1.82, 2.24) is 9.80 Å². The number of amides is 2. The van der Waals surface area contributed by atoms with Gasteiger partial charge in [-0.15, -0.1) is 0 Å². The monoisotopic (exact) mass is 501 g/mol. The summed E-state index contributed by atoms with van der Waals surface area (Å²) in [6.45, 7) is 2.48. The van der Waals surface area contributed by atoms with E-state index in [1.54, 1.807) is 19.0 Å². The van der Waals surface area contributed by atoms with E-state index in [2.05, 4.69) is 13.0 Å². The van der Waals surface area contributed by atoms with Crippen LogP contribution in [0.3, 0.4) is 0 Å². The van der Waals surface area contributed by atoms with E-state index in [0.717, 1.165) is 51.4 Å². The van der Waals surface area contributed by atoms with Crippen molar-refractivity contribution in [2.75, 3.05) is 20.7 Å². The van der Waals surface area contributed by atoms with E-state index in [9.17, 15) is 19.6 Å². The molecular weight excluding hydrogens is 458 g/mol. The minimum absolute atomic E-state index is 0.0330. The zero-order chi connectivity index (χ0) is 26.2. The zero-order valence-electron chi connectivity index (χ0n) is 22.0. The van der Waals surface area contributed by atoms with Crippen LogP contribution in [-0.4, -0.2) is 72.5 Å². The first-order valence-corrected chi connectivity index (χ1v) is 13.7. The van der Waals surface area contributed by atoms with Crippen LogP contribution in [0, 0.1) is 40.4 Å². The smallest absolute Gasteiger partial charge is 0.323 e. The summed E-state index contributed by atoms with van der Waals surface area (Å²) in [6.07, 6.45) is 8.09. The van der Waals surface area contributed by atoms with Gasteiger partial charge in [-0.25, -0.2) is 0 Å². The molecule has 36 heavy (non-hydrogen) atoms. The number of ether oxygens (including phenoxy) is 1. The number of nitrogens with zero attached hydrogens (tertiary/aromatic N) is 3. The van der Waals surface area contributed by atoms with Crippen molar-refractivity contribution in [3.8, 4) is 6.07 Å². The lowest BCUT2D eigenvalue weighted by atomic mass is 9.55. The number of carbonyl (C=O) groups is 3. The third kappa shape index (κ3) is 5.26. The molecule has 9 nitrogen and oxygen atoms in total. The summed E-state index contributed by atoms with van der Waals surface area (Å²) < 4.78 is 5.63. The molecular formula is C27H43N5O4. The van der Waals surface area contributed by atoms with E-state index in [1.807, 2.05) is 4.90 Å². The molecule has 3 saturated carbocycles. The van der Waals surface area contributed by atoms with Crippen molar-refractivity contribution < 1.29 is 19.1 Å². The predicted octanol–water partition coefficient (Wildman–Crippen LogP) is 1.79. The standard InChI is InChI=1S/C27H43N5O4/c1-16-20-12-19(15-28)32(23(16)20)25(34)24(30)27-9-4-5-17(13-27)11-18(14-27)8-10-36-26(35)21(31(2)3)6-7-22(29)33/h16-21,23-24H,4-14,30H2,1-3H3,(H2,29,33). The number of esters is 1. The summed E-state index contributed by atoms with van der Waals surface area (Å²) in [5.41, 5.74) is 11.8. The molecule has 4 fully saturated rings. The van der Waals surface area contributed by atoms with Crippen LogP contribution in [0.25, 0.3) is 0 Å². The molecule has 3 aliphatic carbocycles. The molecule has 4 N–H and O–H groups in total. The van der Waals surface area contributed by atoms with Gasteiger partial charge >= 0.3 is 5.97 Å². The number of hydrogen-bond donors (Lipinski definition) is 2. The highest BCUT2D eigenvalue weighted by Crippen LogP contribution is 2.56. The number of likely N-dealkylation sites (tertiary alicyclic amines) is 1. The van der Waals surface area contributed by atoms with Crippen LogP contribution in [-0.2, 0) is 19.1 Å². The highest BCUT2D eigenvalue weighted by atomic mass is 16.5. The quantitative estimate of drug-likeness (QED) is 0.434. The van der Waals surface area contributed by atoms with Gasteiger partial charge in [-0.1, -0.05) is 19.8 Å². The first kappa shape index (κ1) is 26.9. The summed E-state index contributed by atoms with van der Waals surface area (Å²) in [7, 11) is 3.58. The Labute approximate surface area is 214 Å². The average Bonchev–Trinajstić information content (AvgIpc) is 3.26. The summed E-state index contributed by atoms with van der Waals surface area (Å²) in [4.78, 5) is 41.1. The molecule has 0 aromatic heterocycles. The summed E-state index contributed by atoms with van der Waals surface area (Å²) in [5, 5.41) is 9.64. The van der Waals surface area contributed by atoms with E-state index >= 15 is 0 Å². The van der Waals surface area contributed by atoms with Crippen LogP contribution >= 0.6 is 0 Å². The summed E-state index contributed by atoms with van der Waals surface area (Å²) >= 11 is 0. The molecule has 200 valence electrons.